The van der Waals surface area contributed by atoms with Gasteiger partial charge in [-0.1, -0.05) is 20.8 Å². The number of carbonyl (C=O) groups is 2. The molecule has 2 saturated carbocycles. The zero-order valence-corrected chi connectivity index (χ0v) is 18.6. The van der Waals surface area contributed by atoms with Crippen LogP contribution >= 0.6 is 0 Å². The van der Waals surface area contributed by atoms with E-state index in [4.69, 9.17) is 9.47 Å². The Kier molecular flexibility index (Phi) is 3.99. The van der Waals surface area contributed by atoms with Crippen molar-refractivity contribution in [2.75, 3.05) is 0 Å². The van der Waals surface area contributed by atoms with Crippen molar-refractivity contribution in [3.8, 4) is 11.5 Å². The quantitative estimate of drug-likeness (QED) is 0.630. The molecule has 2 aliphatic carbocycles. The number of phenols is 1. The lowest BCUT2D eigenvalue weighted by molar-refractivity contribution is -0.173. The molecule has 0 spiro atoms. The van der Waals surface area contributed by atoms with Crippen molar-refractivity contribution < 1.29 is 24.2 Å². The third-order valence-corrected chi connectivity index (χ3v) is 8.98. The van der Waals surface area contributed by atoms with Gasteiger partial charge in [0.25, 0.3) is 0 Å². The van der Waals surface area contributed by atoms with E-state index in [1.54, 1.807) is 6.07 Å². The van der Waals surface area contributed by atoms with E-state index in [9.17, 15) is 14.7 Å². The fourth-order valence-electron chi connectivity index (χ4n) is 7.41. The summed E-state index contributed by atoms with van der Waals surface area (Å²) in [7, 11) is 0. The van der Waals surface area contributed by atoms with Gasteiger partial charge in [-0.05, 0) is 62.0 Å². The third-order valence-electron chi connectivity index (χ3n) is 8.98. The second-order valence-electron chi connectivity index (χ2n) is 11.1. The van der Waals surface area contributed by atoms with Gasteiger partial charge in [-0.15, -0.1) is 0 Å². The summed E-state index contributed by atoms with van der Waals surface area (Å²) in [5.41, 5.74) is 1.57. The van der Waals surface area contributed by atoms with E-state index >= 15 is 0 Å². The van der Waals surface area contributed by atoms with Crippen LogP contribution in [0.5, 0.6) is 11.5 Å². The van der Waals surface area contributed by atoms with Gasteiger partial charge in [-0.25, -0.2) is 4.79 Å². The van der Waals surface area contributed by atoms with Crippen molar-refractivity contribution in [2.45, 2.75) is 84.8 Å². The summed E-state index contributed by atoms with van der Waals surface area (Å²) in [5.74, 6) is 1.17. The van der Waals surface area contributed by atoms with Crippen LogP contribution in [0.15, 0.2) is 6.07 Å². The molecule has 2 heterocycles. The predicted octanol–water partition coefficient (Wildman–Crippen LogP) is 4.61. The fourth-order valence-corrected chi connectivity index (χ4v) is 7.41. The Morgan fingerprint density at radius 1 is 1.03 bits per heavy atom. The average molecular weight is 413 g/mol. The maximum atomic E-state index is 12.7. The summed E-state index contributed by atoms with van der Waals surface area (Å²) in [6.45, 7) is 10.7. The van der Waals surface area contributed by atoms with Gasteiger partial charge in [0.1, 0.15) is 34.6 Å². The van der Waals surface area contributed by atoms with Crippen molar-refractivity contribution in [1.82, 2.24) is 0 Å². The average Bonchev–Trinajstić information content (AvgIpc) is 2.63. The van der Waals surface area contributed by atoms with Crippen LogP contribution in [0.2, 0.25) is 0 Å². The maximum Gasteiger partial charge on any atom is 0.342 e. The number of Topliss-reactive ketones (excluding diaryl/α,β-unsaturated/α-hetero) is 1. The summed E-state index contributed by atoms with van der Waals surface area (Å²) >= 11 is 0. The van der Waals surface area contributed by atoms with Crippen LogP contribution in [0.3, 0.4) is 0 Å². The highest BCUT2D eigenvalue weighted by Crippen LogP contribution is 2.64. The molecule has 30 heavy (non-hydrogen) atoms. The van der Waals surface area contributed by atoms with Crippen LogP contribution in [0.25, 0.3) is 0 Å². The molecule has 5 heteroatoms. The van der Waals surface area contributed by atoms with Gasteiger partial charge in [-0.2, -0.15) is 0 Å². The molecule has 5 unspecified atom stereocenters. The molecule has 0 radical (unpaired) electrons. The first-order valence-electron chi connectivity index (χ1n) is 11.3. The number of rotatable bonds is 0. The second-order valence-corrected chi connectivity index (χ2v) is 11.1. The Labute approximate surface area is 178 Å². The second kappa shape index (κ2) is 6.02. The van der Waals surface area contributed by atoms with E-state index in [1.807, 2.05) is 6.92 Å². The highest BCUT2D eigenvalue weighted by Gasteiger charge is 2.62. The molecule has 2 aliphatic heterocycles. The number of fused-ring (bicyclic) bond motifs is 6. The molecule has 1 aromatic carbocycles. The van der Waals surface area contributed by atoms with Crippen molar-refractivity contribution >= 4 is 11.8 Å². The lowest BCUT2D eigenvalue weighted by Crippen LogP contribution is -2.63. The number of benzene rings is 1. The topological polar surface area (TPSA) is 72.8 Å². The number of carbonyl (C=O) groups excluding carboxylic acids is 2. The minimum absolute atomic E-state index is 0.00629. The van der Waals surface area contributed by atoms with Crippen LogP contribution in [-0.4, -0.2) is 28.6 Å². The van der Waals surface area contributed by atoms with Gasteiger partial charge in [0, 0.05) is 30.2 Å². The van der Waals surface area contributed by atoms with Crippen molar-refractivity contribution in [3.05, 3.63) is 22.8 Å². The molecule has 4 aliphatic rings. The predicted molar refractivity (Wildman–Crippen MR) is 112 cm³/mol. The smallest absolute Gasteiger partial charge is 0.342 e. The molecule has 1 N–H and O–H groups in total. The third kappa shape index (κ3) is 2.47. The van der Waals surface area contributed by atoms with Crippen LogP contribution in [0, 0.1) is 22.7 Å². The first-order chi connectivity index (χ1) is 14.0. The molecule has 2 fully saturated rings. The van der Waals surface area contributed by atoms with Crippen LogP contribution < -0.4 is 4.74 Å². The molecule has 5 nitrogen and oxygen atoms in total. The zero-order valence-electron chi connectivity index (χ0n) is 18.6. The van der Waals surface area contributed by atoms with E-state index in [1.165, 1.54) is 0 Å². The number of ether oxygens (including phenoxy) is 2. The molecule has 1 aromatic rings. The largest absolute Gasteiger partial charge is 0.507 e. The SMILES string of the molecule is CC1Cc2c3c(cc(O)c2C(=O)O1)OC1(C)CCC2C(C)(C)C(=O)CCC2(C)C1C3. The Morgan fingerprint density at radius 3 is 2.50 bits per heavy atom. The standard InChI is InChI=1S/C25H32O5/c1-13-10-15-14-11-19-24(4)8-7-20(27)23(2,3)18(24)6-9-25(19,5)30-17(14)12-16(26)21(15)22(28)29-13/h12-13,18-19,26H,6-11H2,1-5H3. The Hall–Kier alpha value is -2.04. The lowest BCUT2D eigenvalue weighted by atomic mass is 9.44. The molecule has 5 rings (SSSR count). The van der Waals surface area contributed by atoms with Crippen LogP contribution in [0.1, 0.15) is 81.8 Å². The summed E-state index contributed by atoms with van der Waals surface area (Å²) in [6.07, 6.45) is 4.56. The molecule has 0 amide bonds. The number of aromatic hydroxyl groups is 1. The van der Waals surface area contributed by atoms with Gasteiger partial charge >= 0.3 is 5.97 Å². The first kappa shape index (κ1) is 19.9. The van der Waals surface area contributed by atoms with E-state index in [0.717, 1.165) is 36.8 Å². The maximum absolute atomic E-state index is 12.7. The Morgan fingerprint density at radius 2 is 1.77 bits per heavy atom. The van der Waals surface area contributed by atoms with Crippen LogP contribution in [-0.2, 0) is 22.4 Å². The molecule has 0 bridgehead atoms. The Bertz CT molecular complexity index is 963. The number of hydrogen-bond acceptors (Lipinski definition) is 5. The summed E-state index contributed by atoms with van der Waals surface area (Å²) in [4.78, 5) is 25.2. The van der Waals surface area contributed by atoms with Gasteiger partial charge in [0.15, 0.2) is 0 Å². The van der Waals surface area contributed by atoms with Crippen molar-refractivity contribution in [1.29, 1.82) is 0 Å². The van der Waals surface area contributed by atoms with Gasteiger partial charge in [0.2, 0.25) is 0 Å². The summed E-state index contributed by atoms with van der Waals surface area (Å²) < 4.78 is 12.0. The molecule has 0 saturated heterocycles. The lowest BCUT2D eigenvalue weighted by Gasteiger charge is -2.62. The highest BCUT2D eigenvalue weighted by atomic mass is 16.5. The number of hydrogen-bond donors (Lipinski definition) is 1. The minimum atomic E-state index is -0.450. The van der Waals surface area contributed by atoms with Crippen LogP contribution in [0.4, 0.5) is 0 Å². The van der Waals surface area contributed by atoms with Crippen molar-refractivity contribution in [2.24, 2.45) is 22.7 Å². The fraction of sp³-hybridized carbons (Fsp3) is 0.680. The zero-order chi connectivity index (χ0) is 21.6. The monoisotopic (exact) mass is 412 g/mol. The normalized spacial score (nSPS) is 39.0. The molecule has 162 valence electrons. The first-order valence-corrected chi connectivity index (χ1v) is 11.3. The van der Waals surface area contributed by atoms with Gasteiger partial charge < -0.3 is 14.6 Å². The number of ketones is 1. The van der Waals surface area contributed by atoms with E-state index < -0.39 is 5.97 Å². The number of phenolic OH excluding ortho intramolecular Hbond substituents is 1. The van der Waals surface area contributed by atoms with E-state index in [-0.39, 0.29) is 34.2 Å². The van der Waals surface area contributed by atoms with Gasteiger partial charge in [-0.3, -0.25) is 4.79 Å². The summed E-state index contributed by atoms with van der Waals surface area (Å²) in [6, 6.07) is 1.61. The molecule has 0 aromatic heterocycles. The number of esters is 1. The molecular weight excluding hydrogens is 380 g/mol. The highest BCUT2D eigenvalue weighted by molar-refractivity contribution is 5.96. The van der Waals surface area contributed by atoms with E-state index in [0.29, 0.717) is 35.9 Å². The van der Waals surface area contributed by atoms with E-state index in [2.05, 4.69) is 27.7 Å². The minimum Gasteiger partial charge on any atom is -0.507 e. The Balaban J connectivity index is 1.64. The van der Waals surface area contributed by atoms with Crippen molar-refractivity contribution in [3.63, 3.8) is 0 Å². The number of cyclic esters (lactones) is 1. The summed E-state index contributed by atoms with van der Waals surface area (Å²) in [5, 5.41) is 10.6. The molecular formula is C25H32O5. The molecule has 5 atom stereocenters. The van der Waals surface area contributed by atoms with Gasteiger partial charge in [0.05, 0.1) is 0 Å².